The number of aromatic nitrogens is 1. The molecule has 3 aromatic rings. The molecule has 1 fully saturated rings. The van der Waals surface area contributed by atoms with E-state index in [0.29, 0.717) is 22.0 Å². The van der Waals surface area contributed by atoms with Gasteiger partial charge in [0.15, 0.2) is 5.01 Å². The van der Waals surface area contributed by atoms with Gasteiger partial charge in [0, 0.05) is 11.8 Å². The highest BCUT2D eigenvalue weighted by Gasteiger charge is 2.57. The first-order valence-corrected chi connectivity index (χ1v) is 10.5. The van der Waals surface area contributed by atoms with Crippen molar-refractivity contribution in [3.05, 3.63) is 70.0 Å². The van der Waals surface area contributed by atoms with Crippen LogP contribution in [0, 0.1) is 12.3 Å². The minimum absolute atomic E-state index is 0.105. The highest BCUT2D eigenvalue weighted by molar-refractivity contribution is 7.10. The molecule has 1 aliphatic rings. The first-order chi connectivity index (χ1) is 14.9. The van der Waals surface area contributed by atoms with E-state index in [4.69, 9.17) is 6.42 Å². The normalized spacial score (nSPS) is 17.4. The fraction of sp³-hybridized carbons (Fsp3) is 0.217. The first-order valence-electron chi connectivity index (χ1n) is 9.58. The number of anilines is 1. The molecule has 158 valence electrons. The van der Waals surface area contributed by atoms with E-state index in [1.807, 2.05) is 18.2 Å². The van der Waals surface area contributed by atoms with Gasteiger partial charge in [0.05, 0.1) is 18.6 Å². The summed E-state index contributed by atoms with van der Waals surface area (Å²) in [5.41, 5.74) is 3.04. The van der Waals surface area contributed by atoms with Crippen LogP contribution in [0.15, 0.2) is 53.9 Å². The van der Waals surface area contributed by atoms with Crippen LogP contribution in [0.2, 0.25) is 0 Å². The van der Waals surface area contributed by atoms with Crippen LogP contribution < -0.4 is 10.6 Å². The maximum atomic E-state index is 13.4. The largest absolute Gasteiger partial charge is 0.394 e. The predicted octanol–water partition coefficient (Wildman–Crippen LogP) is 4.77. The molecule has 1 heterocycles. The molecule has 0 spiro atoms. The lowest BCUT2D eigenvalue weighted by Crippen LogP contribution is -2.34. The van der Waals surface area contributed by atoms with E-state index in [2.05, 4.69) is 21.5 Å². The quantitative estimate of drug-likeness (QED) is 0.485. The zero-order valence-electron chi connectivity index (χ0n) is 16.3. The van der Waals surface area contributed by atoms with Crippen LogP contribution in [0.3, 0.4) is 0 Å². The number of carbonyl (C=O) groups excluding carboxylic acids is 1. The summed E-state index contributed by atoms with van der Waals surface area (Å²) in [6.07, 6.45) is 5.16. The molecular formula is C23H19F2N3O2S. The van der Waals surface area contributed by atoms with Gasteiger partial charge in [-0.3, -0.25) is 5.32 Å². The van der Waals surface area contributed by atoms with Gasteiger partial charge in [-0.2, -0.15) is 0 Å². The van der Waals surface area contributed by atoms with Gasteiger partial charge in [0.2, 0.25) is 0 Å². The molecule has 31 heavy (non-hydrogen) atoms. The highest BCUT2D eigenvalue weighted by Crippen LogP contribution is 2.55. The Kier molecular flexibility index (Phi) is 5.72. The van der Waals surface area contributed by atoms with Crippen LogP contribution in [0.25, 0.3) is 11.1 Å². The number of nitrogens with one attached hydrogen (secondary N) is 2. The highest BCUT2D eigenvalue weighted by atomic mass is 32.1. The van der Waals surface area contributed by atoms with Crippen LogP contribution in [0.1, 0.15) is 34.5 Å². The fourth-order valence-electron chi connectivity index (χ4n) is 3.36. The van der Waals surface area contributed by atoms with Crippen LogP contribution >= 0.6 is 11.3 Å². The number of benzene rings is 2. The molecule has 0 aliphatic heterocycles. The summed E-state index contributed by atoms with van der Waals surface area (Å²) in [5, 5.41) is 17.1. The van der Waals surface area contributed by atoms with Crippen molar-refractivity contribution < 1.29 is 18.7 Å². The van der Waals surface area contributed by atoms with Crippen molar-refractivity contribution in [2.45, 2.75) is 24.3 Å². The van der Waals surface area contributed by atoms with Crippen molar-refractivity contribution in [1.82, 2.24) is 10.3 Å². The second kappa shape index (κ2) is 8.46. The van der Waals surface area contributed by atoms with E-state index >= 15 is 0 Å². The number of rotatable bonds is 6. The number of hydrogen-bond donors (Lipinski definition) is 3. The summed E-state index contributed by atoms with van der Waals surface area (Å²) in [7, 11) is 0. The van der Waals surface area contributed by atoms with Crippen molar-refractivity contribution in [3.63, 3.8) is 0 Å². The summed E-state index contributed by atoms with van der Waals surface area (Å²) in [6, 6.07) is 13.2. The summed E-state index contributed by atoms with van der Waals surface area (Å²) >= 11 is 1.24. The molecule has 2 atom stereocenters. The Morgan fingerprint density at radius 2 is 2.03 bits per heavy atom. The van der Waals surface area contributed by atoms with Crippen molar-refractivity contribution in [1.29, 1.82) is 0 Å². The number of urea groups is 1. The van der Waals surface area contributed by atoms with Gasteiger partial charge in [-0.05, 0) is 28.2 Å². The van der Waals surface area contributed by atoms with Crippen molar-refractivity contribution in [2.75, 3.05) is 11.9 Å². The molecular weight excluding hydrogens is 420 g/mol. The molecule has 2 aromatic carbocycles. The van der Waals surface area contributed by atoms with Gasteiger partial charge in [-0.15, -0.1) is 17.8 Å². The SMILES string of the molecule is C#Cc1nc(NC(=O)NC(CO)c2ccc(-c3cccc(C4CC4(F)F)c3)cc2)cs1. The molecule has 0 bridgehead atoms. The number of aliphatic hydroxyl groups excluding tert-OH is 1. The van der Waals surface area contributed by atoms with E-state index < -0.39 is 23.9 Å². The summed E-state index contributed by atoms with van der Waals surface area (Å²) in [5.74, 6) is -0.584. The lowest BCUT2D eigenvalue weighted by atomic mass is 9.98. The molecule has 2 amide bonds. The Labute approximate surface area is 182 Å². The monoisotopic (exact) mass is 439 g/mol. The average molecular weight is 439 g/mol. The Hall–Kier alpha value is -3.28. The topological polar surface area (TPSA) is 74.2 Å². The zero-order chi connectivity index (χ0) is 22.0. The van der Waals surface area contributed by atoms with E-state index in [1.165, 1.54) is 11.3 Å². The molecule has 0 saturated heterocycles. The summed E-state index contributed by atoms with van der Waals surface area (Å²) < 4.78 is 26.8. The summed E-state index contributed by atoms with van der Waals surface area (Å²) in [4.78, 5) is 16.3. The van der Waals surface area contributed by atoms with E-state index in [-0.39, 0.29) is 13.0 Å². The molecule has 3 N–H and O–H groups in total. The smallest absolute Gasteiger partial charge is 0.320 e. The average Bonchev–Trinajstić information content (AvgIpc) is 3.18. The van der Waals surface area contributed by atoms with Crippen LogP contribution in [-0.4, -0.2) is 28.7 Å². The van der Waals surface area contributed by atoms with Gasteiger partial charge in [0.25, 0.3) is 5.92 Å². The van der Waals surface area contributed by atoms with Gasteiger partial charge in [-0.1, -0.05) is 48.5 Å². The van der Waals surface area contributed by atoms with E-state index in [9.17, 15) is 18.7 Å². The standard InChI is InChI=1S/C23H19F2N3O2S/c1-2-21-27-20(13-31-21)28-22(30)26-19(12-29)15-8-6-14(7-9-15)16-4-3-5-17(10-16)18-11-23(18,24)25/h1,3-10,13,18-19,29H,11-12H2,(H2,26,28,30). The molecule has 8 heteroatoms. The third-order valence-corrected chi connectivity index (χ3v) is 5.89. The van der Waals surface area contributed by atoms with Gasteiger partial charge in [-0.25, -0.2) is 18.6 Å². The number of nitrogens with zero attached hydrogens (tertiary/aromatic N) is 1. The lowest BCUT2D eigenvalue weighted by molar-refractivity contribution is 0.112. The van der Waals surface area contributed by atoms with E-state index in [1.54, 1.807) is 35.7 Å². The van der Waals surface area contributed by atoms with Gasteiger partial charge >= 0.3 is 6.03 Å². The molecule has 1 aliphatic carbocycles. The Bertz CT molecular complexity index is 1140. The lowest BCUT2D eigenvalue weighted by Gasteiger charge is -2.17. The number of amides is 2. The second-order valence-electron chi connectivity index (χ2n) is 7.28. The van der Waals surface area contributed by atoms with Crippen LogP contribution in [0.5, 0.6) is 0 Å². The third-order valence-electron chi connectivity index (χ3n) is 5.12. The Balaban J connectivity index is 1.43. The molecule has 5 nitrogen and oxygen atoms in total. The molecule has 1 aromatic heterocycles. The number of terminal acetylenes is 1. The molecule has 4 rings (SSSR count). The first kappa shape index (κ1) is 21.0. The third kappa shape index (κ3) is 4.74. The number of halogens is 2. The van der Waals surface area contributed by atoms with Crippen LogP contribution in [0.4, 0.5) is 19.4 Å². The number of thiazole rings is 1. The van der Waals surface area contributed by atoms with Crippen molar-refractivity contribution in [2.24, 2.45) is 0 Å². The minimum Gasteiger partial charge on any atom is -0.394 e. The van der Waals surface area contributed by atoms with Gasteiger partial charge in [0.1, 0.15) is 5.82 Å². The number of carbonyl (C=O) groups is 1. The molecule has 0 radical (unpaired) electrons. The fourth-order valence-corrected chi connectivity index (χ4v) is 3.91. The second-order valence-corrected chi connectivity index (χ2v) is 8.14. The molecule has 1 saturated carbocycles. The number of aliphatic hydroxyl groups is 1. The Morgan fingerprint density at radius 1 is 1.29 bits per heavy atom. The van der Waals surface area contributed by atoms with Gasteiger partial charge < -0.3 is 10.4 Å². The predicted molar refractivity (Wildman–Crippen MR) is 116 cm³/mol. The Morgan fingerprint density at radius 3 is 2.65 bits per heavy atom. The minimum atomic E-state index is -2.61. The molecule has 2 unspecified atom stereocenters. The van der Waals surface area contributed by atoms with E-state index in [0.717, 1.165) is 11.1 Å². The maximum Gasteiger partial charge on any atom is 0.320 e. The maximum absolute atomic E-state index is 13.4. The van der Waals surface area contributed by atoms with Crippen LogP contribution in [-0.2, 0) is 0 Å². The van der Waals surface area contributed by atoms with Crippen molar-refractivity contribution in [3.8, 4) is 23.5 Å². The number of alkyl halides is 2. The van der Waals surface area contributed by atoms with Crippen molar-refractivity contribution >= 4 is 23.2 Å². The summed E-state index contributed by atoms with van der Waals surface area (Å²) in [6.45, 7) is -0.300. The zero-order valence-corrected chi connectivity index (χ0v) is 17.1. The number of hydrogen-bond acceptors (Lipinski definition) is 4.